The number of anilines is 3. The molecule has 1 aliphatic heterocycles. The molecule has 0 atom stereocenters. The van der Waals surface area contributed by atoms with Crippen molar-refractivity contribution in [2.24, 2.45) is 0 Å². The molecule has 2 aromatic heterocycles. The third-order valence-corrected chi connectivity index (χ3v) is 6.92. The van der Waals surface area contributed by atoms with E-state index in [1.807, 2.05) is 57.2 Å². The summed E-state index contributed by atoms with van der Waals surface area (Å²) in [6.07, 6.45) is 2.82. The molecule has 1 saturated heterocycles. The molecule has 5 rings (SSSR count). The van der Waals surface area contributed by atoms with Gasteiger partial charge in [-0.05, 0) is 51.1 Å². The second kappa shape index (κ2) is 13.2. The minimum atomic E-state index is -0.597. The molecule has 2 aromatic carbocycles. The van der Waals surface area contributed by atoms with E-state index >= 15 is 0 Å². The lowest BCUT2D eigenvalue weighted by atomic mass is 10.1. The van der Waals surface area contributed by atoms with Crippen LogP contribution in [0.3, 0.4) is 0 Å². The van der Waals surface area contributed by atoms with E-state index in [1.165, 1.54) is 0 Å². The Morgan fingerprint density at radius 2 is 1.67 bits per heavy atom. The molecule has 0 bridgehead atoms. The molecular formula is C32H38N6O5. The van der Waals surface area contributed by atoms with E-state index in [0.29, 0.717) is 23.0 Å². The zero-order valence-electron chi connectivity index (χ0n) is 25.3. The van der Waals surface area contributed by atoms with Crippen molar-refractivity contribution in [2.45, 2.75) is 26.4 Å². The molecule has 1 N–H and O–H groups in total. The van der Waals surface area contributed by atoms with Crippen LogP contribution in [0.2, 0.25) is 0 Å². The lowest BCUT2D eigenvalue weighted by molar-refractivity contribution is 0.0394. The lowest BCUT2D eigenvalue weighted by Gasteiger charge is -2.31. The number of carbonyl (C=O) groups excluding carboxylic acids is 1. The summed E-state index contributed by atoms with van der Waals surface area (Å²) in [5.74, 6) is 1.81. The van der Waals surface area contributed by atoms with Crippen LogP contribution in [-0.2, 0) is 9.47 Å². The number of nitrogens with zero attached hydrogens (tertiary/aromatic N) is 5. The fourth-order valence-corrected chi connectivity index (χ4v) is 4.76. The van der Waals surface area contributed by atoms with Gasteiger partial charge in [0.05, 0.1) is 50.4 Å². The number of methoxy groups -OCH3 is 2. The van der Waals surface area contributed by atoms with Crippen molar-refractivity contribution in [1.29, 1.82) is 0 Å². The SMILES string of the molecule is COc1cc(OC)cc(N(CCN2CCOCC2)c2ccc3ncc(-c4ccc(NC(=O)OC(C)(C)C)nc4)nc3c2)c1. The number of hydrogen-bond donors (Lipinski definition) is 1. The second-order valence-electron chi connectivity index (χ2n) is 11.2. The van der Waals surface area contributed by atoms with Crippen LogP contribution in [0.1, 0.15) is 20.8 Å². The van der Waals surface area contributed by atoms with Crippen molar-refractivity contribution in [3.63, 3.8) is 0 Å². The van der Waals surface area contributed by atoms with Gasteiger partial charge in [0.2, 0.25) is 0 Å². The zero-order valence-corrected chi connectivity index (χ0v) is 25.3. The topological polar surface area (TPSA) is 111 Å². The number of aromatic nitrogens is 3. The van der Waals surface area contributed by atoms with Crippen LogP contribution in [0.4, 0.5) is 22.0 Å². The monoisotopic (exact) mass is 586 g/mol. The first-order valence-electron chi connectivity index (χ1n) is 14.2. The van der Waals surface area contributed by atoms with Crippen LogP contribution in [-0.4, -0.2) is 85.2 Å². The molecule has 1 aliphatic rings. The van der Waals surface area contributed by atoms with Gasteiger partial charge in [0, 0.05) is 67.5 Å². The molecule has 0 aliphatic carbocycles. The average Bonchev–Trinajstić information content (AvgIpc) is 3.00. The van der Waals surface area contributed by atoms with Gasteiger partial charge in [-0.3, -0.25) is 15.2 Å². The van der Waals surface area contributed by atoms with Crippen LogP contribution >= 0.6 is 0 Å². The Labute approximate surface area is 251 Å². The summed E-state index contributed by atoms with van der Waals surface area (Å²) in [6.45, 7) is 10.3. The number of carbonyl (C=O) groups is 1. The molecule has 0 unspecified atom stereocenters. The number of fused-ring (bicyclic) bond motifs is 1. The van der Waals surface area contributed by atoms with Crippen LogP contribution in [0, 0.1) is 0 Å². The number of benzene rings is 2. The van der Waals surface area contributed by atoms with Gasteiger partial charge >= 0.3 is 6.09 Å². The highest BCUT2D eigenvalue weighted by molar-refractivity contribution is 5.85. The Bertz CT molecular complexity index is 1530. The minimum absolute atomic E-state index is 0.388. The number of hydrogen-bond acceptors (Lipinski definition) is 10. The zero-order chi connectivity index (χ0) is 30.4. The van der Waals surface area contributed by atoms with Crippen molar-refractivity contribution in [3.8, 4) is 22.8 Å². The Balaban J connectivity index is 1.43. The Morgan fingerprint density at radius 3 is 2.33 bits per heavy atom. The molecule has 11 nitrogen and oxygen atoms in total. The summed E-state index contributed by atoms with van der Waals surface area (Å²) in [5, 5.41) is 2.65. The van der Waals surface area contributed by atoms with Crippen molar-refractivity contribution in [1.82, 2.24) is 19.9 Å². The summed E-state index contributed by atoms with van der Waals surface area (Å²) >= 11 is 0. The largest absolute Gasteiger partial charge is 0.497 e. The number of rotatable bonds is 9. The van der Waals surface area contributed by atoms with E-state index in [4.69, 9.17) is 23.9 Å². The lowest BCUT2D eigenvalue weighted by Crippen LogP contribution is -2.40. The first-order valence-corrected chi connectivity index (χ1v) is 14.2. The van der Waals surface area contributed by atoms with Crippen molar-refractivity contribution < 1.29 is 23.7 Å². The van der Waals surface area contributed by atoms with Crippen molar-refractivity contribution >= 4 is 34.3 Å². The van der Waals surface area contributed by atoms with Crippen LogP contribution in [0.15, 0.2) is 60.9 Å². The predicted octanol–water partition coefficient (Wildman–Crippen LogP) is 5.53. The van der Waals surface area contributed by atoms with Gasteiger partial charge in [-0.2, -0.15) is 0 Å². The maximum atomic E-state index is 12.1. The molecule has 4 aromatic rings. The normalized spacial score (nSPS) is 13.9. The molecule has 1 fully saturated rings. The summed E-state index contributed by atoms with van der Waals surface area (Å²) in [4.78, 5) is 30.7. The highest BCUT2D eigenvalue weighted by atomic mass is 16.6. The van der Waals surface area contributed by atoms with Crippen LogP contribution < -0.4 is 19.7 Å². The Kier molecular flexibility index (Phi) is 9.22. The Hall–Kier alpha value is -4.48. The molecule has 11 heteroatoms. The molecule has 0 spiro atoms. The molecule has 226 valence electrons. The summed E-state index contributed by atoms with van der Waals surface area (Å²) in [7, 11) is 3.30. The van der Waals surface area contributed by atoms with E-state index in [2.05, 4.69) is 31.2 Å². The van der Waals surface area contributed by atoms with E-state index in [0.717, 1.165) is 67.4 Å². The fourth-order valence-electron chi connectivity index (χ4n) is 4.76. The molecule has 43 heavy (non-hydrogen) atoms. The fraction of sp³-hybridized carbons (Fsp3) is 0.375. The third-order valence-electron chi connectivity index (χ3n) is 6.92. The molecule has 0 radical (unpaired) electrons. The summed E-state index contributed by atoms with van der Waals surface area (Å²) in [5.41, 5.74) is 4.29. The van der Waals surface area contributed by atoms with Gasteiger partial charge in [-0.25, -0.2) is 14.8 Å². The highest BCUT2D eigenvalue weighted by Gasteiger charge is 2.18. The number of amides is 1. The third kappa shape index (κ3) is 7.88. The van der Waals surface area contributed by atoms with Crippen molar-refractivity contribution in [2.75, 3.05) is 63.8 Å². The first-order chi connectivity index (χ1) is 20.7. The minimum Gasteiger partial charge on any atom is -0.497 e. The molecular weight excluding hydrogens is 548 g/mol. The maximum Gasteiger partial charge on any atom is 0.413 e. The van der Waals surface area contributed by atoms with Crippen LogP contribution in [0.25, 0.3) is 22.3 Å². The van der Waals surface area contributed by atoms with Gasteiger partial charge < -0.3 is 23.8 Å². The van der Waals surface area contributed by atoms with E-state index in [-0.39, 0.29) is 0 Å². The number of morpholine rings is 1. The molecule has 0 saturated carbocycles. The summed E-state index contributed by atoms with van der Waals surface area (Å²) in [6, 6.07) is 15.5. The average molecular weight is 587 g/mol. The molecule has 1 amide bonds. The van der Waals surface area contributed by atoms with E-state index in [9.17, 15) is 4.79 Å². The molecule has 3 heterocycles. The second-order valence-corrected chi connectivity index (χ2v) is 11.2. The van der Waals surface area contributed by atoms with Crippen LogP contribution in [0.5, 0.6) is 11.5 Å². The number of ether oxygens (including phenoxy) is 4. The maximum absolute atomic E-state index is 12.1. The quantitative estimate of drug-likeness (QED) is 0.269. The predicted molar refractivity (Wildman–Crippen MR) is 166 cm³/mol. The number of nitrogens with one attached hydrogen (secondary N) is 1. The van der Waals surface area contributed by atoms with Crippen molar-refractivity contribution in [3.05, 3.63) is 60.9 Å². The smallest absolute Gasteiger partial charge is 0.413 e. The Morgan fingerprint density at radius 1 is 0.930 bits per heavy atom. The van der Waals surface area contributed by atoms with E-state index in [1.54, 1.807) is 32.7 Å². The first kappa shape index (κ1) is 30.0. The summed E-state index contributed by atoms with van der Waals surface area (Å²) < 4.78 is 22.0. The van der Waals surface area contributed by atoms with Gasteiger partial charge in [0.25, 0.3) is 0 Å². The van der Waals surface area contributed by atoms with Gasteiger partial charge in [-0.1, -0.05) is 0 Å². The van der Waals surface area contributed by atoms with Gasteiger partial charge in [-0.15, -0.1) is 0 Å². The highest BCUT2D eigenvalue weighted by Crippen LogP contribution is 2.34. The number of pyridine rings is 1. The van der Waals surface area contributed by atoms with Gasteiger partial charge in [0.1, 0.15) is 22.9 Å². The standard InChI is InChI=1S/C32H38N6O5/c1-32(2,3)43-31(39)36-30-9-6-22(20-34-30)29-21-33-27-8-7-23(18-28(27)35-29)38(11-10-37-12-14-42-15-13-37)24-16-25(40-4)19-26(17-24)41-5/h6-9,16-21H,10-15H2,1-5H3,(H,34,36,39). The van der Waals surface area contributed by atoms with E-state index < -0.39 is 11.7 Å². The van der Waals surface area contributed by atoms with Gasteiger partial charge in [0.15, 0.2) is 0 Å².